The van der Waals surface area contributed by atoms with Gasteiger partial charge in [0.05, 0.1) is 12.6 Å². The van der Waals surface area contributed by atoms with Crippen molar-refractivity contribution < 1.29 is 23.4 Å². The van der Waals surface area contributed by atoms with E-state index in [-0.39, 0.29) is 17.8 Å². The van der Waals surface area contributed by atoms with Crippen LogP contribution in [0.15, 0.2) is 48.5 Å². The molecule has 3 rings (SSSR count). The van der Waals surface area contributed by atoms with E-state index in [4.69, 9.17) is 14.2 Å². The summed E-state index contributed by atoms with van der Waals surface area (Å²) < 4.78 is 29.7. The highest BCUT2D eigenvalue weighted by atomic mass is 19.1. The lowest BCUT2D eigenvalue weighted by Gasteiger charge is -2.18. The molecule has 1 aliphatic heterocycles. The molecule has 0 bridgehead atoms. The Labute approximate surface area is 158 Å². The minimum absolute atomic E-state index is 0.111. The Balaban J connectivity index is 1.48. The Kier molecular flexibility index (Phi) is 6.65. The number of hydrogen-bond acceptors (Lipinski definition) is 4. The van der Waals surface area contributed by atoms with E-state index in [0.717, 1.165) is 19.4 Å². The molecule has 2 aromatic rings. The van der Waals surface area contributed by atoms with E-state index in [1.54, 1.807) is 42.3 Å². The molecule has 0 aromatic heterocycles. The second-order valence-corrected chi connectivity index (χ2v) is 6.50. The number of likely N-dealkylation sites (N-methyl/N-ethyl adjacent to an activating group) is 1. The van der Waals surface area contributed by atoms with Crippen molar-refractivity contribution in [1.82, 2.24) is 4.90 Å². The summed E-state index contributed by atoms with van der Waals surface area (Å²) in [6, 6.07) is 13.0. The third-order valence-electron chi connectivity index (χ3n) is 4.40. The fraction of sp³-hybridized carbons (Fsp3) is 0.381. The Morgan fingerprint density at radius 1 is 1.19 bits per heavy atom. The molecular weight excluding hydrogens is 349 g/mol. The third-order valence-corrected chi connectivity index (χ3v) is 4.40. The van der Waals surface area contributed by atoms with Crippen molar-refractivity contribution in [3.63, 3.8) is 0 Å². The molecule has 1 fully saturated rings. The molecular formula is C21H24FNO4. The fourth-order valence-electron chi connectivity index (χ4n) is 2.84. The van der Waals surface area contributed by atoms with E-state index >= 15 is 0 Å². The van der Waals surface area contributed by atoms with Gasteiger partial charge in [0, 0.05) is 19.2 Å². The normalized spacial score (nSPS) is 16.1. The van der Waals surface area contributed by atoms with Crippen LogP contribution in [0.2, 0.25) is 0 Å². The van der Waals surface area contributed by atoms with Crippen LogP contribution in [0.25, 0.3) is 0 Å². The Bertz CT molecular complexity index is 744. The zero-order chi connectivity index (χ0) is 19.1. The summed E-state index contributed by atoms with van der Waals surface area (Å²) in [4.78, 5) is 14.2. The van der Waals surface area contributed by atoms with Crippen LogP contribution in [0, 0.1) is 5.82 Å². The van der Waals surface area contributed by atoms with Gasteiger partial charge in [0.1, 0.15) is 30.5 Å². The molecule has 1 saturated heterocycles. The minimum atomic E-state index is -0.309. The van der Waals surface area contributed by atoms with Crippen LogP contribution in [-0.4, -0.2) is 50.3 Å². The number of carbonyl (C=O) groups excluding carboxylic acids is 1. The van der Waals surface area contributed by atoms with Crippen molar-refractivity contribution in [2.75, 3.05) is 33.4 Å². The summed E-state index contributed by atoms with van der Waals surface area (Å²) in [5, 5.41) is 0. The number of halogens is 1. The topological polar surface area (TPSA) is 48.0 Å². The van der Waals surface area contributed by atoms with E-state index in [9.17, 15) is 9.18 Å². The number of carbonyl (C=O) groups is 1. The van der Waals surface area contributed by atoms with Crippen LogP contribution in [0.4, 0.5) is 4.39 Å². The van der Waals surface area contributed by atoms with Crippen molar-refractivity contribution in [2.45, 2.75) is 18.9 Å². The van der Waals surface area contributed by atoms with E-state index in [0.29, 0.717) is 36.8 Å². The molecule has 0 spiro atoms. The van der Waals surface area contributed by atoms with E-state index in [1.807, 2.05) is 6.07 Å². The summed E-state index contributed by atoms with van der Waals surface area (Å²) in [6.45, 7) is 2.02. The lowest BCUT2D eigenvalue weighted by Crippen LogP contribution is -2.30. The molecule has 0 aliphatic carbocycles. The van der Waals surface area contributed by atoms with Gasteiger partial charge in [-0.05, 0) is 55.3 Å². The van der Waals surface area contributed by atoms with Crippen molar-refractivity contribution in [3.05, 3.63) is 59.9 Å². The van der Waals surface area contributed by atoms with Crippen LogP contribution in [-0.2, 0) is 4.74 Å². The summed E-state index contributed by atoms with van der Waals surface area (Å²) in [5.74, 6) is 0.811. The SMILES string of the molecule is CN(CCOc1ccc(F)cc1)C(=O)c1cccc(OC[C@@H]2CCCO2)c1. The predicted octanol–water partition coefficient (Wildman–Crippen LogP) is 3.53. The van der Waals surface area contributed by atoms with Crippen molar-refractivity contribution in [3.8, 4) is 11.5 Å². The lowest BCUT2D eigenvalue weighted by molar-refractivity contribution is 0.0678. The molecule has 144 valence electrons. The van der Waals surface area contributed by atoms with Gasteiger partial charge in [-0.25, -0.2) is 4.39 Å². The summed E-state index contributed by atoms with van der Waals surface area (Å²) in [5.41, 5.74) is 0.559. The first-order valence-electron chi connectivity index (χ1n) is 9.10. The maximum Gasteiger partial charge on any atom is 0.253 e. The molecule has 1 amide bonds. The third kappa shape index (κ3) is 5.69. The van der Waals surface area contributed by atoms with Gasteiger partial charge in [-0.3, -0.25) is 4.79 Å². The number of ether oxygens (including phenoxy) is 3. The van der Waals surface area contributed by atoms with Gasteiger partial charge in [-0.1, -0.05) is 6.07 Å². The average Bonchev–Trinajstić information content (AvgIpc) is 3.21. The van der Waals surface area contributed by atoms with Gasteiger partial charge < -0.3 is 19.1 Å². The van der Waals surface area contributed by atoms with E-state index < -0.39 is 0 Å². The number of nitrogens with zero attached hydrogens (tertiary/aromatic N) is 1. The summed E-state index contributed by atoms with van der Waals surface area (Å²) in [6.07, 6.45) is 2.21. The first-order valence-corrected chi connectivity index (χ1v) is 9.10. The van der Waals surface area contributed by atoms with Crippen LogP contribution in [0.5, 0.6) is 11.5 Å². The maximum absolute atomic E-state index is 12.9. The molecule has 27 heavy (non-hydrogen) atoms. The quantitative estimate of drug-likeness (QED) is 0.710. The van der Waals surface area contributed by atoms with Crippen LogP contribution in [0.1, 0.15) is 23.2 Å². The first-order chi connectivity index (χ1) is 13.1. The molecule has 0 N–H and O–H groups in total. The zero-order valence-electron chi connectivity index (χ0n) is 15.4. The summed E-state index contributed by atoms with van der Waals surface area (Å²) in [7, 11) is 1.72. The summed E-state index contributed by atoms with van der Waals surface area (Å²) >= 11 is 0. The molecule has 2 aromatic carbocycles. The zero-order valence-corrected chi connectivity index (χ0v) is 15.4. The van der Waals surface area contributed by atoms with Crippen molar-refractivity contribution in [2.24, 2.45) is 0 Å². The van der Waals surface area contributed by atoms with Crippen molar-refractivity contribution >= 4 is 5.91 Å². The Morgan fingerprint density at radius 3 is 2.74 bits per heavy atom. The van der Waals surface area contributed by atoms with Crippen LogP contribution >= 0.6 is 0 Å². The minimum Gasteiger partial charge on any atom is -0.492 e. The van der Waals surface area contributed by atoms with Crippen molar-refractivity contribution in [1.29, 1.82) is 0 Å². The highest BCUT2D eigenvalue weighted by Gasteiger charge is 2.17. The fourth-order valence-corrected chi connectivity index (χ4v) is 2.84. The standard InChI is InChI=1S/C21H24FNO4/c1-23(11-13-26-18-9-7-17(22)8-10-18)21(24)16-4-2-5-19(14-16)27-15-20-6-3-12-25-20/h2,4-5,7-10,14,20H,3,6,11-13,15H2,1H3/t20-/m0/s1. The Morgan fingerprint density at radius 2 is 2.00 bits per heavy atom. The number of benzene rings is 2. The molecule has 5 nitrogen and oxygen atoms in total. The van der Waals surface area contributed by atoms with Gasteiger partial charge in [-0.15, -0.1) is 0 Å². The lowest BCUT2D eigenvalue weighted by atomic mass is 10.2. The van der Waals surface area contributed by atoms with Gasteiger partial charge in [0.15, 0.2) is 0 Å². The molecule has 1 atom stereocenters. The van der Waals surface area contributed by atoms with Gasteiger partial charge >= 0.3 is 0 Å². The molecule has 0 radical (unpaired) electrons. The Hall–Kier alpha value is -2.60. The number of rotatable bonds is 8. The second-order valence-electron chi connectivity index (χ2n) is 6.50. The van der Waals surface area contributed by atoms with Crippen LogP contribution < -0.4 is 9.47 Å². The van der Waals surface area contributed by atoms with Crippen LogP contribution in [0.3, 0.4) is 0 Å². The van der Waals surface area contributed by atoms with E-state index in [2.05, 4.69) is 0 Å². The second kappa shape index (κ2) is 9.37. The predicted molar refractivity (Wildman–Crippen MR) is 99.8 cm³/mol. The molecule has 0 saturated carbocycles. The monoisotopic (exact) mass is 373 g/mol. The van der Waals surface area contributed by atoms with Gasteiger partial charge in [0.2, 0.25) is 0 Å². The first kappa shape index (κ1) is 19.2. The molecule has 0 unspecified atom stereocenters. The largest absolute Gasteiger partial charge is 0.492 e. The molecule has 6 heteroatoms. The number of hydrogen-bond donors (Lipinski definition) is 0. The molecule has 1 heterocycles. The van der Waals surface area contributed by atoms with E-state index in [1.165, 1.54) is 12.1 Å². The average molecular weight is 373 g/mol. The number of amides is 1. The maximum atomic E-state index is 12.9. The van der Waals surface area contributed by atoms with Gasteiger partial charge in [-0.2, -0.15) is 0 Å². The van der Waals surface area contributed by atoms with Gasteiger partial charge in [0.25, 0.3) is 5.91 Å². The smallest absolute Gasteiger partial charge is 0.253 e. The molecule has 1 aliphatic rings. The highest BCUT2D eigenvalue weighted by Crippen LogP contribution is 2.18. The highest BCUT2D eigenvalue weighted by molar-refractivity contribution is 5.94.